The lowest BCUT2D eigenvalue weighted by molar-refractivity contribution is -0.134. The normalized spacial score (nSPS) is 29.5. The molecule has 0 radical (unpaired) electrons. The van der Waals surface area contributed by atoms with Crippen LogP contribution < -0.4 is 5.32 Å². The lowest BCUT2D eigenvalue weighted by atomic mass is 10.1. The highest BCUT2D eigenvalue weighted by atomic mass is 32.2. The average molecular weight is 286 g/mol. The number of amides is 1. The molecule has 2 heterocycles. The summed E-state index contributed by atoms with van der Waals surface area (Å²) in [4.78, 5) is 14.3. The molecule has 19 heavy (non-hydrogen) atoms. The molecule has 1 amide bonds. The number of carbonyl (C=O) groups excluding carboxylic acids is 1. The van der Waals surface area contributed by atoms with Crippen LogP contribution in [0.25, 0.3) is 0 Å². The van der Waals surface area contributed by atoms with Gasteiger partial charge < -0.3 is 15.0 Å². The molecule has 4 nitrogen and oxygen atoms in total. The lowest BCUT2D eigenvalue weighted by Crippen LogP contribution is -2.48. The van der Waals surface area contributed by atoms with Crippen molar-refractivity contribution in [3.05, 3.63) is 0 Å². The Morgan fingerprint density at radius 1 is 1.37 bits per heavy atom. The first kappa shape index (κ1) is 15.1. The van der Waals surface area contributed by atoms with Crippen LogP contribution in [-0.2, 0) is 9.53 Å². The van der Waals surface area contributed by atoms with Crippen LogP contribution >= 0.6 is 11.8 Å². The summed E-state index contributed by atoms with van der Waals surface area (Å²) in [6.07, 6.45) is 3.03. The van der Waals surface area contributed by atoms with Crippen molar-refractivity contribution in [2.24, 2.45) is 0 Å². The van der Waals surface area contributed by atoms with Crippen molar-refractivity contribution in [1.82, 2.24) is 10.2 Å². The summed E-state index contributed by atoms with van der Waals surface area (Å²) in [6.45, 7) is 7.91. The first-order valence-electron chi connectivity index (χ1n) is 7.42. The van der Waals surface area contributed by atoms with Crippen LogP contribution in [0.3, 0.4) is 0 Å². The number of ether oxygens (including phenoxy) is 1. The number of nitrogens with zero attached hydrogens (tertiary/aromatic N) is 1. The van der Waals surface area contributed by atoms with E-state index in [0.717, 1.165) is 38.2 Å². The molecule has 2 fully saturated rings. The molecule has 2 rings (SSSR count). The van der Waals surface area contributed by atoms with E-state index in [9.17, 15) is 4.79 Å². The minimum atomic E-state index is 0.258. The second-order valence-electron chi connectivity index (χ2n) is 5.47. The molecule has 2 atom stereocenters. The van der Waals surface area contributed by atoms with Crippen LogP contribution in [-0.4, -0.2) is 60.2 Å². The van der Waals surface area contributed by atoms with Crippen LogP contribution in [0.1, 0.15) is 33.1 Å². The SMILES string of the molecule is CC1SCCN(C(=O)CCOC2CCNCC2)C1C. The zero-order valence-electron chi connectivity index (χ0n) is 12.1. The maximum Gasteiger partial charge on any atom is 0.225 e. The van der Waals surface area contributed by atoms with E-state index in [1.54, 1.807) is 0 Å². The monoisotopic (exact) mass is 286 g/mol. The van der Waals surface area contributed by atoms with Gasteiger partial charge in [-0.3, -0.25) is 4.79 Å². The minimum Gasteiger partial charge on any atom is -0.378 e. The van der Waals surface area contributed by atoms with Crippen molar-refractivity contribution in [3.63, 3.8) is 0 Å². The molecule has 0 saturated carbocycles. The molecule has 0 aromatic rings. The molecule has 110 valence electrons. The van der Waals surface area contributed by atoms with E-state index in [1.165, 1.54) is 0 Å². The molecular formula is C14H26N2O2S. The van der Waals surface area contributed by atoms with Gasteiger partial charge in [0.05, 0.1) is 19.1 Å². The van der Waals surface area contributed by atoms with E-state index in [0.29, 0.717) is 30.4 Å². The molecule has 5 heteroatoms. The fourth-order valence-corrected chi connectivity index (χ4v) is 3.80. The molecule has 1 N–H and O–H groups in total. The molecule has 2 aliphatic rings. The van der Waals surface area contributed by atoms with Crippen LogP contribution in [0.15, 0.2) is 0 Å². The molecule has 0 aromatic carbocycles. The number of carbonyl (C=O) groups is 1. The van der Waals surface area contributed by atoms with Gasteiger partial charge in [-0.05, 0) is 32.9 Å². The molecule has 2 unspecified atom stereocenters. The van der Waals surface area contributed by atoms with Crippen LogP contribution in [0, 0.1) is 0 Å². The van der Waals surface area contributed by atoms with E-state index in [-0.39, 0.29) is 5.91 Å². The number of thioether (sulfide) groups is 1. The molecular weight excluding hydrogens is 260 g/mol. The first-order chi connectivity index (χ1) is 9.18. The van der Waals surface area contributed by atoms with Gasteiger partial charge in [0, 0.05) is 23.6 Å². The Labute approximate surface area is 120 Å². The lowest BCUT2D eigenvalue weighted by Gasteiger charge is -2.37. The van der Waals surface area contributed by atoms with Gasteiger partial charge in [-0.25, -0.2) is 0 Å². The average Bonchev–Trinajstić information content (AvgIpc) is 2.43. The third kappa shape index (κ3) is 4.36. The van der Waals surface area contributed by atoms with E-state index < -0.39 is 0 Å². The van der Waals surface area contributed by atoms with Gasteiger partial charge in [0.25, 0.3) is 0 Å². The maximum atomic E-state index is 12.2. The van der Waals surface area contributed by atoms with E-state index in [2.05, 4.69) is 19.2 Å². The summed E-state index contributed by atoms with van der Waals surface area (Å²) in [7, 11) is 0. The van der Waals surface area contributed by atoms with Crippen molar-refractivity contribution < 1.29 is 9.53 Å². The summed E-state index contributed by atoms with van der Waals surface area (Å²) >= 11 is 1.96. The number of hydrogen-bond acceptors (Lipinski definition) is 4. The third-order valence-corrected chi connectivity index (χ3v) is 5.50. The predicted molar refractivity (Wildman–Crippen MR) is 79.6 cm³/mol. The van der Waals surface area contributed by atoms with Crippen molar-refractivity contribution in [2.75, 3.05) is 32.0 Å². The standard InChI is InChI=1S/C14H26N2O2S/c1-11-12(2)19-10-8-16(11)14(17)5-9-18-13-3-6-15-7-4-13/h11-13,15H,3-10H2,1-2H3. The van der Waals surface area contributed by atoms with Gasteiger partial charge >= 0.3 is 0 Å². The fourth-order valence-electron chi connectivity index (χ4n) is 2.70. The Hall–Kier alpha value is -0.260. The largest absolute Gasteiger partial charge is 0.378 e. The molecule has 0 spiro atoms. The Kier molecular flexibility index (Phi) is 5.98. The number of hydrogen-bond donors (Lipinski definition) is 1. The zero-order valence-corrected chi connectivity index (χ0v) is 12.9. The van der Waals surface area contributed by atoms with Gasteiger partial charge in [-0.1, -0.05) is 6.92 Å². The van der Waals surface area contributed by atoms with Gasteiger partial charge in [-0.15, -0.1) is 0 Å². The summed E-state index contributed by atoms with van der Waals surface area (Å²) in [5.74, 6) is 1.32. The molecule has 0 aliphatic carbocycles. The van der Waals surface area contributed by atoms with Crippen molar-refractivity contribution >= 4 is 17.7 Å². The third-order valence-electron chi connectivity index (χ3n) is 4.16. The zero-order chi connectivity index (χ0) is 13.7. The summed E-state index contributed by atoms with van der Waals surface area (Å²) < 4.78 is 5.81. The van der Waals surface area contributed by atoms with E-state index in [4.69, 9.17) is 4.74 Å². The smallest absolute Gasteiger partial charge is 0.225 e. The van der Waals surface area contributed by atoms with E-state index >= 15 is 0 Å². The quantitative estimate of drug-likeness (QED) is 0.850. The Morgan fingerprint density at radius 2 is 2.11 bits per heavy atom. The fraction of sp³-hybridized carbons (Fsp3) is 0.929. The van der Waals surface area contributed by atoms with Crippen LogP contribution in [0.4, 0.5) is 0 Å². The number of rotatable bonds is 4. The molecule has 2 saturated heterocycles. The Balaban J connectivity index is 1.68. The maximum absolute atomic E-state index is 12.2. The highest BCUT2D eigenvalue weighted by Crippen LogP contribution is 2.24. The van der Waals surface area contributed by atoms with Gasteiger partial charge in [-0.2, -0.15) is 11.8 Å². The van der Waals surface area contributed by atoms with E-state index in [1.807, 2.05) is 16.7 Å². The minimum absolute atomic E-state index is 0.258. The summed E-state index contributed by atoms with van der Waals surface area (Å²) in [5, 5.41) is 3.86. The molecule has 2 aliphatic heterocycles. The van der Waals surface area contributed by atoms with Gasteiger partial charge in [0.15, 0.2) is 0 Å². The second kappa shape index (κ2) is 7.50. The Bertz CT molecular complexity index is 295. The van der Waals surface area contributed by atoms with Crippen molar-refractivity contribution in [2.45, 2.75) is 50.5 Å². The highest BCUT2D eigenvalue weighted by Gasteiger charge is 2.28. The topological polar surface area (TPSA) is 41.6 Å². The number of piperidine rings is 1. The Morgan fingerprint density at radius 3 is 2.84 bits per heavy atom. The first-order valence-corrected chi connectivity index (χ1v) is 8.46. The van der Waals surface area contributed by atoms with Gasteiger partial charge in [0.1, 0.15) is 0 Å². The van der Waals surface area contributed by atoms with Gasteiger partial charge in [0.2, 0.25) is 5.91 Å². The predicted octanol–water partition coefficient (Wildman–Crippen LogP) is 1.50. The van der Waals surface area contributed by atoms with Crippen molar-refractivity contribution in [3.8, 4) is 0 Å². The second-order valence-corrected chi connectivity index (χ2v) is 6.96. The molecule has 0 aromatic heterocycles. The van der Waals surface area contributed by atoms with Crippen LogP contribution in [0.5, 0.6) is 0 Å². The molecule has 0 bridgehead atoms. The van der Waals surface area contributed by atoms with Crippen molar-refractivity contribution in [1.29, 1.82) is 0 Å². The summed E-state index contributed by atoms with van der Waals surface area (Å²) in [5.41, 5.74) is 0. The number of nitrogens with one attached hydrogen (secondary N) is 1. The van der Waals surface area contributed by atoms with Crippen LogP contribution in [0.2, 0.25) is 0 Å². The summed E-state index contributed by atoms with van der Waals surface area (Å²) in [6, 6.07) is 0.352. The highest BCUT2D eigenvalue weighted by molar-refractivity contribution is 8.00.